The lowest BCUT2D eigenvalue weighted by atomic mass is 9.78. The number of nitrogens with zero attached hydrogens (tertiary/aromatic N) is 3. The maximum Gasteiger partial charge on any atom is 0.277 e. The van der Waals surface area contributed by atoms with Crippen LogP contribution < -0.4 is 5.73 Å². The molecule has 0 saturated heterocycles. The molecule has 0 aliphatic heterocycles. The van der Waals surface area contributed by atoms with Crippen molar-refractivity contribution in [2.45, 2.75) is 44.8 Å². The molecule has 6 nitrogen and oxygen atoms in total. The van der Waals surface area contributed by atoms with E-state index in [-0.39, 0.29) is 0 Å². The third-order valence-corrected chi connectivity index (χ3v) is 5.00. The van der Waals surface area contributed by atoms with Gasteiger partial charge in [-0.3, -0.25) is 0 Å². The third-order valence-electron chi connectivity index (χ3n) is 4.13. The van der Waals surface area contributed by atoms with Gasteiger partial charge in [-0.2, -0.15) is 4.98 Å². The zero-order valence-electron chi connectivity index (χ0n) is 12.3. The highest BCUT2D eigenvalue weighted by molar-refractivity contribution is 7.09. The highest BCUT2D eigenvalue weighted by atomic mass is 32.1. The van der Waals surface area contributed by atoms with Gasteiger partial charge in [-0.15, -0.1) is 11.3 Å². The first-order valence-electron chi connectivity index (χ1n) is 7.21. The van der Waals surface area contributed by atoms with Gasteiger partial charge < -0.3 is 15.0 Å². The summed E-state index contributed by atoms with van der Waals surface area (Å²) in [6.45, 7) is 2.66. The Labute approximate surface area is 127 Å². The topological polar surface area (TPSA) is 87.1 Å². The number of aromatic nitrogens is 3. The molecule has 2 heterocycles. The van der Waals surface area contributed by atoms with Crippen molar-refractivity contribution in [1.29, 1.82) is 0 Å². The van der Waals surface area contributed by atoms with E-state index in [1.165, 1.54) is 17.8 Å². The van der Waals surface area contributed by atoms with Crippen LogP contribution in [-0.2, 0) is 16.9 Å². The van der Waals surface area contributed by atoms with Gasteiger partial charge >= 0.3 is 0 Å². The van der Waals surface area contributed by atoms with Crippen molar-refractivity contribution in [2.24, 2.45) is 11.7 Å². The van der Waals surface area contributed by atoms with Crippen LogP contribution in [0, 0.1) is 5.92 Å². The minimum absolute atomic E-state index is 0.422. The van der Waals surface area contributed by atoms with E-state index >= 15 is 0 Å². The Kier molecular flexibility index (Phi) is 4.05. The average Bonchev–Trinajstić information content (AvgIpc) is 3.16. The number of ether oxygens (including phenoxy) is 1. The summed E-state index contributed by atoms with van der Waals surface area (Å²) < 4.78 is 11.2. The van der Waals surface area contributed by atoms with E-state index in [1.807, 2.05) is 5.38 Å². The summed E-state index contributed by atoms with van der Waals surface area (Å²) in [5, 5.41) is 6.90. The lowest BCUT2D eigenvalue weighted by Gasteiger charge is -2.36. The highest BCUT2D eigenvalue weighted by Gasteiger charge is 2.41. The monoisotopic (exact) mass is 308 g/mol. The van der Waals surface area contributed by atoms with Crippen LogP contribution in [-0.4, -0.2) is 22.2 Å². The van der Waals surface area contributed by atoms with Crippen molar-refractivity contribution in [3.63, 3.8) is 0 Å². The molecule has 0 radical (unpaired) electrons. The second kappa shape index (κ2) is 5.82. The molecule has 2 N–H and O–H groups in total. The van der Waals surface area contributed by atoms with E-state index in [4.69, 9.17) is 15.0 Å². The van der Waals surface area contributed by atoms with Crippen molar-refractivity contribution in [3.8, 4) is 11.6 Å². The normalized spacial score (nSPS) is 26.1. The number of hydrogen-bond acceptors (Lipinski definition) is 7. The molecule has 0 spiro atoms. The largest absolute Gasteiger partial charge is 0.370 e. The van der Waals surface area contributed by atoms with Gasteiger partial charge in [-0.05, 0) is 25.2 Å². The average molecular weight is 308 g/mol. The molecule has 2 aromatic rings. The van der Waals surface area contributed by atoms with Crippen LogP contribution in [0.4, 0.5) is 0 Å². The summed E-state index contributed by atoms with van der Waals surface area (Å²) in [6.07, 6.45) is 4.19. The molecular weight excluding hydrogens is 288 g/mol. The Bertz CT molecular complexity index is 612. The van der Waals surface area contributed by atoms with Gasteiger partial charge in [0.05, 0.1) is 0 Å². The van der Waals surface area contributed by atoms with Gasteiger partial charge in [0, 0.05) is 19.0 Å². The van der Waals surface area contributed by atoms with Crippen LogP contribution in [0.25, 0.3) is 11.6 Å². The van der Waals surface area contributed by atoms with Crippen LogP contribution >= 0.6 is 11.3 Å². The first kappa shape index (κ1) is 14.6. The van der Waals surface area contributed by atoms with Gasteiger partial charge in [0.1, 0.15) is 16.3 Å². The Morgan fingerprint density at radius 2 is 2.38 bits per heavy atom. The Hall–Kier alpha value is -1.31. The molecule has 0 aromatic carbocycles. The maximum atomic E-state index is 5.79. The minimum Gasteiger partial charge on any atom is -0.370 e. The van der Waals surface area contributed by atoms with Gasteiger partial charge in [0.25, 0.3) is 5.89 Å². The van der Waals surface area contributed by atoms with Crippen LogP contribution in [0.3, 0.4) is 0 Å². The fourth-order valence-electron chi connectivity index (χ4n) is 3.00. The number of thiazole rings is 1. The fourth-order valence-corrected chi connectivity index (χ4v) is 3.65. The smallest absolute Gasteiger partial charge is 0.277 e. The van der Waals surface area contributed by atoms with Gasteiger partial charge in [-0.1, -0.05) is 18.5 Å². The Morgan fingerprint density at radius 3 is 3.05 bits per heavy atom. The molecular formula is C14H20N4O2S. The summed E-state index contributed by atoms with van der Waals surface area (Å²) in [6, 6.07) is 0. The molecule has 3 rings (SSSR count). The summed E-state index contributed by atoms with van der Waals surface area (Å²) in [5.41, 5.74) is 5.85. The second-order valence-electron chi connectivity index (χ2n) is 5.65. The van der Waals surface area contributed by atoms with E-state index in [0.717, 1.165) is 24.3 Å². The lowest BCUT2D eigenvalue weighted by Crippen LogP contribution is -2.35. The first-order valence-corrected chi connectivity index (χ1v) is 8.09. The SMILES string of the molecule is COC1(c2noc(-c3csc(CN)n3)n2)CCCC(C)C1. The van der Waals surface area contributed by atoms with E-state index in [2.05, 4.69) is 22.0 Å². The van der Waals surface area contributed by atoms with Gasteiger partial charge in [-0.25, -0.2) is 4.98 Å². The zero-order chi connectivity index (χ0) is 14.9. The zero-order valence-corrected chi connectivity index (χ0v) is 13.2. The summed E-state index contributed by atoms with van der Waals surface area (Å²) in [7, 11) is 1.73. The molecule has 1 aliphatic rings. The second-order valence-corrected chi connectivity index (χ2v) is 6.60. The van der Waals surface area contributed by atoms with E-state index in [0.29, 0.717) is 29.9 Å². The van der Waals surface area contributed by atoms with Crippen LogP contribution in [0.1, 0.15) is 43.4 Å². The molecule has 0 amide bonds. The first-order chi connectivity index (χ1) is 10.2. The van der Waals surface area contributed by atoms with E-state index in [9.17, 15) is 0 Å². The number of rotatable bonds is 4. The molecule has 114 valence electrons. The molecule has 1 aliphatic carbocycles. The molecule has 2 unspecified atom stereocenters. The molecule has 2 atom stereocenters. The predicted molar refractivity (Wildman–Crippen MR) is 79.6 cm³/mol. The molecule has 2 aromatic heterocycles. The molecule has 1 fully saturated rings. The van der Waals surface area contributed by atoms with Crippen molar-refractivity contribution in [2.75, 3.05) is 7.11 Å². The number of nitrogens with two attached hydrogens (primary N) is 1. The lowest BCUT2D eigenvalue weighted by molar-refractivity contribution is -0.0658. The summed E-state index contributed by atoms with van der Waals surface area (Å²) in [4.78, 5) is 8.91. The quantitative estimate of drug-likeness (QED) is 0.934. The molecule has 0 bridgehead atoms. The van der Waals surface area contributed by atoms with Gasteiger partial charge in [0.2, 0.25) is 5.82 Å². The standard InChI is InChI=1S/C14H20N4O2S/c1-9-4-3-5-14(6-9,19-2)13-17-12(20-18-13)10-8-21-11(7-15)16-10/h8-9H,3-7,15H2,1-2H3. The van der Waals surface area contributed by atoms with Crippen molar-refractivity contribution in [3.05, 3.63) is 16.2 Å². The molecule has 1 saturated carbocycles. The fraction of sp³-hybridized carbons (Fsp3) is 0.643. The van der Waals surface area contributed by atoms with Crippen molar-refractivity contribution < 1.29 is 9.26 Å². The molecule has 21 heavy (non-hydrogen) atoms. The summed E-state index contributed by atoms with van der Waals surface area (Å²) >= 11 is 1.50. The van der Waals surface area contributed by atoms with Crippen molar-refractivity contribution >= 4 is 11.3 Å². The maximum absolute atomic E-state index is 5.79. The van der Waals surface area contributed by atoms with Crippen LogP contribution in [0.15, 0.2) is 9.90 Å². The van der Waals surface area contributed by atoms with E-state index in [1.54, 1.807) is 7.11 Å². The Morgan fingerprint density at radius 1 is 1.52 bits per heavy atom. The van der Waals surface area contributed by atoms with Crippen LogP contribution in [0.2, 0.25) is 0 Å². The predicted octanol–water partition coefficient (Wildman–Crippen LogP) is 2.70. The van der Waals surface area contributed by atoms with Crippen LogP contribution in [0.5, 0.6) is 0 Å². The summed E-state index contributed by atoms with van der Waals surface area (Å²) in [5.74, 6) is 1.67. The number of methoxy groups -OCH3 is 1. The third kappa shape index (κ3) is 2.73. The van der Waals surface area contributed by atoms with Crippen molar-refractivity contribution in [1.82, 2.24) is 15.1 Å². The van der Waals surface area contributed by atoms with E-state index < -0.39 is 5.60 Å². The van der Waals surface area contributed by atoms with Gasteiger partial charge in [0.15, 0.2) is 0 Å². The molecule has 7 heteroatoms. The Balaban J connectivity index is 1.89. The minimum atomic E-state index is -0.424. The highest BCUT2D eigenvalue weighted by Crippen LogP contribution is 2.41. The number of hydrogen-bond donors (Lipinski definition) is 1.